The molecule has 1 unspecified atom stereocenters. The van der Waals surface area contributed by atoms with E-state index in [0.717, 1.165) is 10.9 Å². The van der Waals surface area contributed by atoms with Crippen molar-refractivity contribution < 1.29 is 4.42 Å². The first kappa shape index (κ1) is 11.5. The second kappa shape index (κ2) is 4.47. The van der Waals surface area contributed by atoms with E-state index >= 15 is 0 Å². The molecule has 0 aromatic carbocycles. The van der Waals surface area contributed by atoms with Crippen LogP contribution in [0.15, 0.2) is 16.0 Å². The van der Waals surface area contributed by atoms with E-state index < -0.39 is 0 Å². The van der Waals surface area contributed by atoms with Gasteiger partial charge in [0.1, 0.15) is 0 Å². The minimum absolute atomic E-state index is 0.0495. The van der Waals surface area contributed by atoms with Gasteiger partial charge in [0.05, 0.1) is 10.4 Å². The van der Waals surface area contributed by atoms with Crippen molar-refractivity contribution in [2.45, 2.75) is 23.7 Å². The number of thioether (sulfide) groups is 1. The number of rotatable bonds is 3. The Kier molecular flexibility index (Phi) is 3.20. The first-order chi connectivity index (χ1) is 7.59. The Balaban J connectivity index is 2.37. The molecule has 86 valence electrons. The van der Waals surface area contributed by atoms with Gasteiger partial charge in [-0.2, -0.15) is 0 Å². The zero-order chi connectivity index (χ0) is 11.7. The van der Waals surface area contributed by atoms with Crippen LogP contribution in [0.2, 0.25) is 0 Å². The van der Waals surface area contributed by atoms with Crippen LogP contribution in [0.5, 0.6) is 0 Å². The number of aryl methyl sites for hydroxylation is 1. The number of alkyl halides is 1. The fraction of sp³-hybridized carbons (Fsp3) is 0.444. The van der Waals surface area contributed by atoms with Gasteiger partial charge in [-0.3, -0.25) is 0 Å². The molecule has 0 fully saturated rings. The molecule has 0 saturated heterocycles. The molecule has 2 aromatic rings. The van der Waals surface area contributed by atoms with Crippen molar-refractivity contribution in [1.29, 1.82) is 0 Å². The van der Waals surface area contributed by atoms with Crippen molar-refractivity contribution in [2.75, 3.05) is 0 Å². The van der Waals surface area contributed by atoms with Gasteiger partial charge in [0.25, 0.3) is 0 Å². The molecule has 0 aliphatic heterocycles. The molecular weight excluding hydrogens is 248 g/mol. The van der Waals surface area contributed by atoms with Crippen molar-refractivity contribution in [3.63, 3.8) is 0 Å². The highest BCUT2D eigenvalue weighted by Crippen LogP contribution is 2.27. The quantitative estimate of drug-likeness (QED) is 0.625. The first-order valence-electron chi connectivity index (χ1n) is 4.70. The summed E-state index contributed by atoms with van der Waals surface area (Å²) >= 11 is 7.34. The average Bonchev–Trinajstić information content (AvgIpc) is 2.75. The molecule has 7 heteroatoms. The number of nitrogens with zero attached hydrogens (tertiary/aromatic N) is 4. The summed E-state index contributed by atoms with van der Waals surface area (Å²) in [6.45, 7) is 3.75. The standard InChI is InChI=1S/C9H11ClN4OS/c1-5-7(15-4-11-5)8-12-13-9(14(8)3)16-6(2)10/h4,6H,1-3H3. The minimum Gasteiger partial charge on any atom is -0.440 e. The third-order valence-corrected chi connectivity index (χ3v) is 3.21. The Labute approximate surface area is 102 Å². The molecule has 0 amide bonds. The van der Waals surface area contributed by atoms with Crippen LogP contribution in [0.4, 0.5) is 0 Å². The van der Waals surface area contributed by atoms with Crippen LogP contribution in [0.1, 0.15) is 12.6 Å². The second-order valence-electron chi connectivity index (χ2n) is 3.29. The fourth-order valence-corrected chi connectivity index (χ4v) is 2.14. The molecule has 1 atom stereocenters. The van der Waals surface area contributed by atoms with E-state index in [2.05, 4.69) is 15.2 Å². The third-order valence-electron chi connectivity index (χ3n) is 2.05. The van der Waals surface area contributed by atoms with Crippen LogP contribution in [0, 0.1) is 6.92 Å². The van der Waals surface area contributed by atoms with E-state index in [1.54, 1.807) is 0 Å². The van der Waals surface area contributed by atoms with Gasteiger partial charge >= 0.3 is 0 Å². The summed E-state index contributed by atoms with van der Waals surface area (Å²) in [4.78, 5) is 4.02. The number of aromatic nitrogens is 4. The lowest BCUT2D eigenvalue weighted by molar-refractivity contribution is 0.562. The smallest absolute Gasteiger partial charge is 0.202 e. The summed E-state index contributed by atoms with van der Waals surface area (Å²) in [5.74, 6) is 1.30. The predicted molar refractivity (Wildman–Crippen MR) is 62.4 cm³/mol. The number of hydrogen-bond acceptors (Lipinski definition) is 5. The molecule has 0 spiro atoms. The summed E-state index contributed by atoms with van der Waals surface area (Å²) in [6.07, 6.45) is 1.40. The lowest BCUT2D eigenvalue weighted by Gasteiger charge is -2.02. The van der Waals surface area contributed by atoms with Crippen molar-refractivity contribution in [1.82, 2.24) is 19.7 Å². The molecular formula is C9H11ClN4OS. The molecule has 0 N–H and O–H groups in total. The van der Waals surface area contributed by atoms with Crippen LogP contribution in [-0.2, 0) is 7.05 Å². The molecule has 2 aromatic heterocycles. The highest BCUT2D eigenvalue weighted by Gasteiger charge is 2.17. The van der Waals surface area contributed by atoms with E-state index in [1.807, 2.05) is 25.5 Å². The van der Waals surface area contributed by atoms with E-state index in [4.69, 9.17) is 16.0 Å². The van der Waals surface area contributed by atoms with Crippen molar-refractivity contribution in [2.24, 2.45) is 7.05 Å². The van der Waals surface area contributed by atoms with E-state index in [1.165, 1.54) is 18.2 Å². The summed E-state index contributed by atoms with van der Waals surface area (Å²) in [7, 11) is 1.87. The molecule has 0 aliphatic rings. The van der Waals surface area contributed by atoms with E-state index in [9.17, 15) is 0 Å². The van der Waals surface area contributed by atoms with Gasteiger partial charge in [-0.25, -0.2) is 4.98 Å². The average molecular weight is 259 g/mol. The molecule has 0 saturated carbocycles. The maximum atomic E-state index is 5.90. The van der Waals surface area contributed by atoms with E-state index in [-0.39, 0.29) is 4.71 Å². The molecule has 0 bridgehead atoms. The third kappa shape index (κ3) is 2.08. The fourth-order valence-electron chi connectivity index (χ4n) is 1.28. The van der Waals surface area contributed by atoms with Gasteiger partial charge in [0.15, 0.2) is 17.3 Å². The summed E-state index contributed by atoms with van der Waals surface area (Å²) in [6, 6.07) is 0. The number of oxazole rings is 1. The Hall–Kier alpha value is -1.01. The van der Waals surface area contributed by atoms with Gasteiger partial charge in [-0.1, -0.05) is 11.8 Å². The normalized spacial score (nSPS) is 13.0. The lowest BCUT2D eigenvalue weighted by atomic mass is 10.3. The molecule has 0 aliphatic carbocycles. The zero-order valence-corrected chi connectivity index (χ0v) is 10.7. The maximum Gasteiger partial charge on any atom is 0.202 e. The minimum atomic E-state index is -0.0495. The molecule has 5 nitrogen and oxygen atoms in total. The van der Waals surface area contributed by atoms with Crippen molar-refractivity contribution >= 4 is 23.4 Å². The largest absolute Gasteiger partial charge is 0.440 e. The topological polar surface area (TPSA) is 56.7 Å². The lowest BCUT2D eigenvalue weighted by Crippen LogP contribution is -1.96. The Bertz CT molecular complexity index is 493. The van der Waals surface area contributed by atoms with Crippen LogP contribution < -0.4 is 0 Å². The van der Waals surface area contributed by atoms with Crippen molar-refractivity contribution in [3.05, 3.63) is 12.1 Å². The van der Waals surface area contributed by atoms with Crippen LogP contribution in [0.3, 0.4) is 0 Å². The SMILES string of the molecule is Cc1ncoc1-c1nnc(SC(C)Cl)n1C. The molecule has 2 heterocycles. The first-order valence-corrected chi connectivity index (χ1v) is 6.01. The Morgan fingerprint density at radius 1 is 1.50 bits per heavy atom. The van der Waals surface area contributed by atoms with E-state index in [0.29, 0.717) is 11.6 Å². The second-order valence-corrected chi connectivity index (χ2v) is 5.51. The summed E-state index contributed by atoms with van der Waals surface area (Å²) < 4.78 is 7.07. The zero-order valence-electron chi connectivity index (χ0n) is 9.14. The van der Waals surface area contributed by atoms with Gasteiger partial charge in [0, 0.05) is 7.05 Å². The predicted octanol–water partition coefficient (Wildman–Crippen LogP) is 2.46. The molecule has 2 rings (SSSR count). The maximum absolute atomic E-state index is 5.90. The highest BCUT2D eigenvalue weighted by molar-refractivity contribution is 8.00. The van der Waals surface area contributed by atoms with Crippen LogP contribution in [-0.4, -0.2) is 24.5 Å². The number of hydrogen-bond donors (Lipinski definition) is 0. The van der Waals surface area contributed by atoms with Gasteiger partial charge in [0.2, 0.25) is 5.82 Å². The Morgan fingerprint density at radius 2 is 2.25 bits per heavy atom. The van der Waals surface area contributed by atoms with Gasteiger partial charge < -0.3 is 8.98 Å². The monoisotopic (exact) mass is 258 g/mol. The summed E-state index contributed by atoms with van der Waals surface area (Å²) in [5, 5.41) is 8.89. The highest BCUT2D eigenvalue weighted by atomic mass is 35.5. The molecule has 16 heavy (non-hydrogen) atoms. The van der Waals surface area contributed by atoms with Gasteiger partial charge in [-0.15, -0.1) is 21.8 Å². The summed E-state index contributed by atoms with van der Waals surface area (Å²) in [5.41, 5.74) is 0.797. The number of halogens is 1. The van der Waals surface area contributed by atoms with Crippen molar-refractivity contribution in [3.8, 4) is 11.6 Å². The molecule has 0 radical (unpaired) electrons. The van der Waals surface area contributed by atoms with Gasteiger partial charge in [-0.05, 0) is 13.8 Å². The Morgan fingerprint density at radius 3 is 2.81 bits per heavy atom. The van der Waals surface area contributed by atoms with Crippen LogP contribution >= 0.6 is 23.4 Å². The van der Waals surface area contributed by atoms with Crippen LogP contribution in [0.25, 0.3) is 11.6 Å².